The lowest BCUT2D eigenvalue weighted by atomic mass is 10.1. The zero-order chi connectivity index (χ0) is 12.1. The van der Waals surface area contributed by atoms with Gasteiger partial charge in [-0.2, -0.15) is 0 Å². The molecule has 0 aromatic carbocycles. The number of hydrogen-bond acceptors (Lipinski definition) is 4. The molecule has 0 bridgehead atoms. The van der Waals surface area contributed by atoms with Gasteiger partial charge in [0.15, 0.2) is 0 Å². The summed E-state index contributed by atoms with van der Waals surface area (Å²) in [6.45, 7) is 9.22. The molecule has 2 unspecified atom stereocenters. The fourth-order valence-corrected chi connectivity index (χ4v) is 0.777. The molecule has 0 aliphatic carbocycles. The van der Waals surface area contributed by atoms with Crippen molar-refractivity contribution in [1.29, 1.82) is 0 Å². The minimum atomic E-state index is -0.514. The van der Waals surface area contributed by atoms with Crippen molar-refractivity contribution in [3.8, 4) is 0 Å². The number of rotatable bonds is 4. The van der Waals surface area contributed by atoms with E-state index in [1.165, 1.54) is 0 Å². The van der Waals surface area contributed by atoms with Crippen LogP contribution in [0.2, 0.25) is 0 Å². The van der Waals surface area contributed by atoms with Crippen LogP contribution in [0, 0.1) is 5.92 Å². The maximum absolute atomic E-state index is 11.2. The van der Waals surface area contributed by atoms with Gasteiger partial charge in [0.05, 0.1) is 0 Å². The summed E-state index contributed by atoms with van der Waals surface area (Å²) in [4.78, 5) is 11.2. The summed E-state index contributed by atoms with van der Waals surface area (Å²) in [5.41, 5.74) is 4.70. The predicted molar refractivity (Wildman–Crippen MR) is 58.2 cm³/mol. The molecule has 0 rings (SSSR count). The van der Waals surface area contributed by atoms with E-state index in [-0.39, 0.29) is 18.6 Å². The number of hydrazine groups is 1. The first-order chi connectivity index (χ1) is 6.76. The van der Waals surface area contributed by atoms with Crippen molar-refractivity contribution in [2.45, 2.75) is 46.3 Å². The van der Waals surface area contributed by atoms with E-state index in [4.69, 9.17) is 9.84 Å². The van der Waals surface area contributed by atoms with Gasteiger partial charge in [-0.05, 0) is 33.6 Å². The number of amides is 1. The fraction of sp³-hybridized carbons (Fsp3) is 0.900. The summed E-state index contributed by atoms with van der Waals surface area (Å²) in [5, 5.41) is 8.87. The number of carbonyl (C=O) groups is 1. The molecule has 0 saturated carbocycles. The normalized spacial score (nSPS) is 15.6. The lowest BCUT2D eigenvalue weighted by Gasteiger charge is -2.23. The molecule has 0 heterocycles. The van der Waals surface area contributed by atoms with Crippen LogP contribution in [0.1, 0.15) is 34.6 Å². The molecule has 5 nitrogen and oxygen atoms in total. The van der Waals surface area contributed by atoms with Crippen LogP contribution >= 0.6 is 0 Å². The Morgan fingerprint density at radius 3 is 2.33 bits per heavy atom. The highest BCUT2D eigenvalue weighted by atomic mass is 16.6. The van der Waals surface area contributed by atoms with Crippen molar-refractivity contribution < 1.29 is 14.6 Å². The average Bonchev–Trinajstić information content (AvgIpc) is 2.10. The second-order valence-electron chi connectivity index (χ2n) is 4.72. The molecule has 0 radical (unpaired) electrons. The zero-order valence-electron chi connectivity index (χ0n) is 10.1. The molecule has 15 heavy (non-hydrogen) atoms. The van der Waals surface area contributed by atoms with Crippen LogP contribution in [0.3, 0.4) is 0 Å². The van der Waals surface area contributed by atoms with Gasteiger partial charge in [-0.1, -0.05) is 6.92 Å². The highest BCUT2D eigenvalue weighted by Gasteiger charge is 2.17. The maximum atomic E-state index is 11.2. The molecule has 0 aliphatic rings. The summed E-state index contributed by atoms with van der Waals surface area (Å²) < 4.78 is 5.03. The van der Waals surface area contributed by atoms with Gasteiger partial charge < -0.3 is 9.84 Å². The summed E-state index contributed by atoms with van der Waals surface area (Å²) >= 11 is 0. The van der Waals surface area contributed by atoms with E-state index >= 15 is 0 Å². The molecule has 0 fully saturated rings. The lowest BCUT2D eigenvalue weighted by Crippen LogP contribution is -2.48. The second-order valence-corrected chi connectivity index (χ2v) is 4.72. The van der Waals surface area contributed by atoms with Gasteiger partial charge in [-0.3, -0.25) is 5.43 Å². The van der Waals surface area contributed by atoms with Crippen molar-refractivity contribution in [1.82, 2.24) is 10.9 Å². The smallest absolute Gasteiger partial charge is 0.422 e. The van der Waals surface area contributed by atoms with Crippen molar-refractivity contribution in [3.63, 3.8) is 0 Å². The van der Waals surface area contributed by atoms with E-state index in [1.807, 2.05) is 13.8 Å². The van der Waals surface area contributed by atoms with E-state index < -0.39 is 11.7 Å². The Morgan fingerprint density at radius 2 is 1.93 bits per heavy atom. The van der Waals surface area contributed by atoms with Gasteiger partial charge in [0, 0.05) is 12.6 Å². The van der Waals surface area contributed by atoms with Gasteiger partial charge in [0.25, 0.3) is 0 Å². The predicted octanol–water partition coefficient (Wildman–Crippen LogP) is 1.03. The Bertz CT molecular complexity index is 201. The van der Waals surface area contributed by atoms with Crippen LogP contribution in [-0.4, -0.2) is 29.4 Å². The van der Waals surface area contributed by atoms with Gasteiger partial charge in [0.2, 0.25) is 0 Å². The Morgan fingerprint density at radius 1 is 1.40 bits per heavy atom. The highest BCUT2D eigenvalue weighted by Crippen LogP contribution is 2.06. The first-order valence-electron chi connectivity index (χ1n) is 5.11. The van der Waals surface area contributed by atoms with Crippen molar-refractivity contribution in [3.05, 3.63) is 0 Å². The van der Waals surface area contributed by atoms with Crippen LogP contribution in [-0.2, 0) is 4.74 Å². The molecule has 3 N–H and O–H groups in total. The molecule has 2 atom stereocenters. The molecule has 0 aliphatic heterocycles. The SMILES string of the molecule is CC(CO)C(C)NNC(=O)OC(C)(C)C. The Labute approximate surface area is 91.2 Å². The molecule has 0 spiro atoms. The minimum Gasteiger partial charge on any atom is -0.443 e. The quantitative estimate of drug-likeness (QED) is 0.616. The first-order valence-corrected chi connectivity index (χ1v) is 5.11. The Balaban J connectivity index is 3.81. The average molecular weight is 218 g/mol. The molecule has 5 heteroatoms. The summed E-state index contributed by atoms with van der Waals surface area (Å²) in [6, 6.07) is -0.0116. The second kappa shape index (κ2) is 5.92. The molecule has 1 amide bonds. The standard InChI is InChI=1S/C10H22N2O3/c1-7(6-13)8(2)11-12-9(14)15-10(3,4)5/h7-8,11,13H,6H2,1-5H3,(H,12,14). The van der Waals surface area contributed by atoms with Gasteiger partial charge in [-0.15, -0.1) is 0 Å². The number of carbonyl (C=O) groups excluding carboxylic acids is 1. The molecule has 0 saturated heterocycles. The number of aliphatic hydroxyl groups excluding tert-OH is 1. The minimum absolute atomic E-state index is 0.0116. The van der Waals surface area contributed by atoms with Crippen LogP contribution in [0.5, 0.6) is 0 Å². The van der Waals surface area contributed by atoms with Crippen LogP contribution < -0.4 is 10.9 Å². The van der Waals surface area contributed by atoms with E-state index in [0.29, 0.717) is 0 Å². The largest absolute Gasteiger partial charge is 0.443 e. The zero-order valence-corrected chi connectivity index (χ0v) is 10.1. The van der Waals surface area contributed by atoms with Gasteiger partial charge in [0.1, 0.15) is 5.60 Å². The maximum Gasteiger partial charge on any atom is 0.422 e. The number of aliphatic hydroxyl groups is 1. The molecular weight excluding hydrogens is 196 g/mol. The highest BCUT2D eigenvalue weighted by molar-refractivity contribution is 5.67. The number of ether oxygens (including phenoxy) is 1. The van der Waals surface area contributed by atoms with Crippen LogP contribution in [0.25, 0.3) is 0 Å². The summed E-state index contributed by atoms with van der Waals surface area (Å²) in [7, 11) is 0. The molecular formula is C10H22N2O3. The lowest BCUT2D eigenvalue weighted by molar-refractivity contribution is 0.0477. The Kier molecular flexibility index (Phi) is 5.60. The summed E-state index contributed by atoms with van der Waals surface area (Å²) in [6.07, 6.45) is -0.514. The van der Waals surface area contributed by atoms with Crippen molar-refractivity contribution in [2.75, 3.05) is 6.61 Å². The van der Waals surface area contributed by atoms with Gasteiger partial charge >= 0.3 is 6.09 Å². The monoisotopic (exact) mass is 218 g/mol. The van der Waals surface area contributed by atoms with E-state index in [1.54, 1.807) is 20.8 Å². The van der Waals surface area contributed by atoms with Gasteiger partial charge in [-0.25, -0.2) is 10.2 Å². The van der Waals surface area contributed by atoms with E-state index in [9.17, 15) is 4.79 Å². The van der Waals surface area contributed by atoms with Crippen LogP contribution in [0.15, 0.2) is 0 Å². The van der Waals surface area contributed by atoms with Crippen LogP contribution in [0.4, 0.5) is 4.79 Å². The first kappa shape index (κ1) is 14.2. The summed E-state index contributed by atoms with van der Waals surface area (Å²) in [5.74, 6) is 0.0694. The van der Waals surface area contributed by atoms with E-state index in [2.05, 4.69) is 10.9 Å². The van der Waals surface area contributed by atoms with E-state index in [0.717, 1.165) is 0 Å². The topological polar surface area (TPSA) is 70.6 Å². The third kappa shape index (κ3) is 7.16. The van der Waals surface area contributed by atoms with Crippen molar-refractivity contribution >= 4 is 6.09 Å². The molecule has 0 aromatic heterocycles. The Hall–Kier alpha value is -0.810. The third-order valence-corrected chi connectivity index (χ3v) is 1.94. The van der Waals surface area contributed by atoms with Crippen molar-refractivity contribution in [2.24, 2.45) is 5.92 Å². The molecule has 90 valence electrons. The fourth-order valence-electron chi connectivity index (χ4n) is 0.777. The third-order valence-electron chi connectivity index (χ3n) is 1.94. The number of hydrogen-bond donors (Lipinski definition) is 3. The molecule has 0 aromatic rings. The number of nitrogens with one attached hydrogen (secondary N) is 2.